The van der Waals surface area contributed by atoms with E-state index in [0.717, 1.165) is 0 Å². The van der Waals surface area contributed by atoms with Crippen molar-refractivity contribution in [2.45, 2.75) is 0 Å². The van der Waals surface area contributed by atoms with Crippen LogP contribution in [0.4, 0.5) is 0 Å². The van der Waals surface area contributed by atoms with E-state index < -0.39 is 5.69 Å². The molecule has 2 heterocycles. The summed E-state index contributed by atoms with van der Waals surface area (Å²) in [6.07, 6.45) is 1.41. The summed E-state index contributed by atoms with van der Waals surface area (Å²) in [5.41, 5.74) is 0.294. The predicted molar refractivity (Wildman–Crippen MR) is 39.3 cm³/mol. The highest BCUT2D eigenvalue weighted by Crippen LogP contribution is 2.13. The minimum absolute atomic E-state index is 0.0336. The molecule has 0 saturated heterocycles. The molecule has 0 bridgehead atoms. The van der Waals surface area contributed by atoms with E-state index in [9.17, 15) is 4.79 Å². The van der Waals surface area contributed by atoms with Crippen LogP contribution in [0.2, 0.25) is 0 Å². The first-order valence-corrected chi connectivity index (χ1v) is 3.11. The second-order valence-electron chi connectivity index (χ2n) is 2.09. The summed E-state index contributed by atoms with van der Waals surface area (Å²) in [6, 6.07) is 0. The van der Waals surface area contributed by atoms with Gasteiger partial charge in [0, 0.05) is 0 Å². The van der Waals surface area contributed by atoms with Gasteiger partial charge in [0.1, 0.15) is 5.52 Å². The molecule has 0 aromatic carbocycles. The Morgan fingerprint density at radius 3 is 3.17 bits per heavy atom. The van der Waals surface area contributed by atoms with Crippen molar-refractivity contribution in [3.05, 3.63) is 16.8 Å². The minimum atomic E-state index is -0.546. The Hall–Kier alpha value is -1.89. The van der Waals surface area contributed by atoms with Crippen LogP contribution in [0.1, 0.15) is 0 Å². The summed E-state index contributed by atoms with van der Waals surface area (Å²) in [5.74, 6) is 4.91. The van der Waals surface area contributed by atoms with Gasteiger partial charge in [-0.25, -0.2) is 9.78 Å². The molecular formula is C5H5N5O2. The summed E-state index contributed by atoms with van der Waals surface area (Å²) < 4.78 is 0. The van der Waals surface area contributed by atoms with Crippen molar-refractivity contribution in [3.8, 4) is 5.88 Å². The van der Waals surface area contributed by atoms with E-state index in [1.165, 1.54) is 6.33 Å². The molecule has 0 aliphatic carbocycles. The van der Waals surface area contributed by atoms with Gasteiger partial charge in [0.2, 0.25) is 0 Å². The number of aromatic amines is 2. The topological polar surface area (TPSA) is 110 Å². The lowest BCUT2D eigenvalue weighted by molar-refractivity contribution is 0.323. The van der Waals surface area contributed by atoms with E-state index in [1.807, 2.05) is 0 Å². The van der Waals surface area contributed by atoms with Crippen LogP contribution < -0.4 is 16.4 Å². The van der Waals surface area contributed by atoms with Gasteiger partial charge >= 0.3 is 5.69 Å². The number of H-pyrrole nitrogens is 2. The highest BCUT2D eigenvalue weighted by atomic mass is 16.6. The second kappa shape index (κ2) is 2.31. The third-order valence-electron chi connectivity index (χ3n) is 1.39. The Labute approximate surface area is 65.6 Å². The Morgan fingerprint density at radius 1 is 1.58 bits per heavy atom. The number of imidazole rings is 1. The molecule has 2 rings (SSSR count). The van der Waals surface area contributed by atoms with Crippen molar-refractivity contribution in [2.75, 3.05) is 0 Å². The summed E-state index contributed by atoms with van der Waals surface area (Å²) in [4.78, 5) is 27.6. The van der Waals surface area contributed by atoms with Gasteiger partial charge in [-0.2, -0.15) is 10.9 Å². The second-order valence-corrected chi connectivity index (χ2v) is 2.09. The lowest BCUT2D eigenvalue weighted by Gasteiger charge is -1.95. The maximum Gasteiger partial charge on any atom is 0.350 e. The standard InChI is InChI=1S/C5H5N5O2/c6-12-4-2-3(8-1-7-2)9-5(11)10-4/h1H,6H2,(H2,7,8,9,10,11). The van der Waals surface area contributed by atoms with Crippen molar-refractivity contribution in [1.29, 1.82) is 0 Å². The molecule has 0 aliphatic rings. The molecular weight excluding hydrogens is 162 g/mol. The van der Waals surface area contributed by atoms with Gasteiger partial charge in [0.25, 0.3) is 5.88 Å². The van der Waals surface area contributed by atoms with Gasteiger partial charge in [-0.05, 0) is 0 Å². The van der Waals surface area contributed by atoms with Crippen molar-refractivity contribution >= 4 is 11.2 Å². The lowest BCUT2D eigenvalue weighted by atomic mass is 10.5. The molecule has 0 radical (unpaired) electrons. The van der Waals surface area contributed by atoms with Crippen LogP contribution in [-0.2, 0) is 0 Å². The first-order chi connectivity index (χ1) is 5.81. The molecule has 7 heteroatoms. The number of nitrogens with one attached hydrogen (secondary N) is 2. The molecule has 7 nitrogen and oxygen atoms in total. The molecule has 0 unspecified atom stereocenters. The molecule has 0 amide bonds. The zero-order valence-corrected chi connectivity index (χ0v) is 5.87. The predicted octanol–water partition coefficient (Wildman–Crippen LogP) is -1.10. The van der Waals surface area contributed by atoms with Crippen LogP contribution in [-0.4, -0.2) is 19.9 Å². The van der Waals surface area contributed by atoms with E-state index >= 15 is 0 Å². The molecule has 2 aromatic heterocycles. The zero-order valence-electron chi connectivity index (χ0n) is 5.87. The molecule has 0 aliphatic heterocycles. The van der Waals surface area contributed by atoms with Gasteiger partial charge in [-0.15, -0.1) is 0 Å². The Morgan fingerprint density at radius 2 is 2.42 bits per heavy atom. The Kier molecular flexibility index (Phi) is 1.31. The monoisotopic (exact) mass is 167 g/mol. The lowest BCUT2D eigenvalue weighted by Crippen LogP contribution is -2.14. The number of hydrogen-bond donors (Lipinski definition) is 3. The maximum absolute atomic E-state index is 10.8. The summed E-state index contributed by atoms with van der Waals surface area (Å²) in [6.45, 7) is 0. The van der Waals surface area contributed by atoms with Crippen LogP contribution in [0.15, 0.2) is 11.1 Å². The molecule has 0 atom stereocenters. The largest absolute Gasteiger partial charge is 0.389 e. The minimum Gasteiger partial charge on any atom is -0.389 e. The molecule has 4 N–H and O–H groups in total. The fourth-order valence-electron chi connectivity index (χ4n) is 0.915. The maximum atomic E-state index is 10.8. The fraction of sp³-hybridized carbons (Fsp3) is 0. The van der Waals surface area contributed by atoms with Crippen LogP contribution in [0.3, 0.4) is 0 Å². The van der Waals surface area contributed by atoms with E-state index in [-0.39, 0.29) is 5.88 Å². The fourth-order valence-corrected chi connectivity index (χ4v) is 0.915. The molecule has 0 saturated carbocycles. The molecule has 0 spiro atoms. The molecule has 0 fully saturated rings. The van der Waals surface area contributed by atoms with E-state index in [2.05, 4.69) is 24.8 Å². The number of aromatic nitrogens is 4. The number of fused-ring (bicyclic) bond motifs is 1. The highest BCUT2D eigenvalue weighted by Gasteiger charge is 2.06. The average Bonchev–Trinajstić information content (AvgIpc) is 2.50. The summed E-state index contributed by atoms with van der Waals surface area (Å²) in [7, 11) is 0. The summed E-state index contributed by atoms with van der Waals surface area (Å²) >= 11 is 0. The van der Waals surface area contributed by atoms with Gasteiger partial charge in [0.15, 0.2) is 5.65 Å². The van der Waals surface area contributed by atoms with E-state index in [0.29, 0.717) is 11.2 Å². The first kappa shape index (κ1) is 6.80. The van der Waals surface area contributed by atoms with E-state index in [1.54, 1.807) is 0 Å². The first-order valence-electron chi connectivity index (χ1n) is 3.11. The normalized spacial score (nSPS) is 10.4. The highest BCUT2D eigenvalue weighted by molar-refractivity contribution is 5.74. The van der Waals surface area contributed by atoms with Crippen molar-refractivity contribution in [2.24, 2.45) is 5.90 Å². The molecule has 2 aromatic rings. The molecule has 12 heavy (non-hydrogen) atoms. The number of nitrogens with two attached hydrogens (primary N) is 1. The number of rotatable bonds is 1. The Balaban J connectivity index is 2.89. The quantitative estimate of drug-likeness (QED) is 0.467. The van der Waals surface area contributed by atoms with Gasteiger partial charge in [-0.3, -0.25) is 4.98 Å². The summed E-state index contributed by atoms with van der Waals surface area (Å²) in [5, 5.41) is 0. The average molecular weight is 167 g/mol. The number of hydrogen-bond acceptors (Lipinski definition) is 5. The van der Waals surface area contributed by atoms with Gasteiger partial charge < -0.3 is 9.82 Å². The van der Waals surface area contributed by atoms with Crippen LogP contribution in [0.5, 0.6) is 5.88 Å². The number of nitrogens with zero attached hydrogens (tertiary/aromatic N) is 2. The van der Waals surface area contributed by atoms with E-state index in [4.69, 9.17) is 5.90 Å². The molecule has 62 valence electrons. The third kappa shape index (κ3) is 0.839. The van der Waals surface area contributed by atoms with Crippen LogP contribution in [0, 0.1) is 0 Å². The SMILES string of the molecule is NOc1nc(=O)[nH]c2nc[nH]c12. The van der Waals surface area contributed by atoms with Crippen molar-refractivity contribution in [1.82, 2.24) is 19.9 Å². The van der Waals surface area contributed by atoms with Crippen LogP contribution in [0.25, 0.3) is 11.2 Å². The zero-order chi connectivity index (χ0) is 8.55. The van der Waals surface area contributed by atoms with Gasteiger partial charge in [0.05, 0.1) is 6.33 Å². The third-order valence-corrected chi connectivity index (χ3v) is 1.39. The smallest absolute Gasteiger partial charge is 0.350 e. The van der Waals surface area contributed by atoms with Crippen LogP contribution >= 0.6 is 0 Å². The Bertz CT molecular complexity index is 458. The van der Waals surface area contributed by atoms with Gasteiger partial charge in [-0.1, -0.05) is 0 Å². The van der Waals surface area contributed by atoms with Crippen molar-refractivity contribution in [3.63, 3.8) is 0 Å². The van der Waals surface area contributed by atoms with Crippen molar-refractivity contribution < 1.29 is 4.84 Å².